The number of carboxylic acid groups (broad SMARTS) is 3. The van der Waals surface area contributed by atoms with Gasteiger partial charge >= 0.3 is 17.9 Å². The van der Waals surface area contributed by atoms with E-state index in [1.165, 1.54) is 0 Å². The second-order valence-electron chi connectivity index (χ2n) is 3.04. The topological polar surface area (TPSA) is 112 Å². The number of aliphatic carboxylic acids is 3. The highest BCUT2D eigenvalue weighted by Crippen LogP contribution is 2.35. The van der Waals surface area contributed by atoms with Crippen LogP contribution in [0.15, 0.2) is 0 Å². The van der Waals surface area contributed by atoms with Crippen molar-refractivity contribution in [3.8, 4) is 0 Å². The van der Waals surface area contributed by atoms with E-state index >= 15 is 0 Å². The van der Waals surface area contributed by atoms with Crippen molar-refractivity contribution in [2.75, 3.05) is 0 Å². The molecule has 0 rings (SSSR count). The molecule has 0 aromatic carbocycles. The maximum absolute atomic E-state index is 10.7. The van der Waals surface area contributed by atoms with Crippen molar-refractivity contribution < 1.29 is 29.7 Å². The van der Waals surface area contributed by atoms with Gasteiger partial charge in [0.25, 0.3) is 0 Å². The lowest BCUT2D eigenvalue weighted by Crippen LogP contribution is -2.50. The molecule has 9 heteroatoms. The molecule has 0 aliphatic rings. The van der Waals surface area contributed by atoms with Crippen molar-refractivity contribution in [3.63, 3.8) is 0 Å². The molecule has 0 saturated carbocycles. The SMILES string of the molecule is O=C(O)CC(S)(C(S)C(=O)O)C(S)C(=O)O. The zero-order chi connectivity index (χ0) is 13.1. The summed E-state index contributed by atoms with van der Waals surface area (Å²) in [7, 11) is 0. The summed E-state index contributed by atoms with van der Waals surface area (Å²) in [4.78, 5) is 32.0. The van der Waals surface area contributed by atoms with Gasteiger partial charge in [-0.3, -0.25) is 14.4 Å². The average Bonchev–Trinajstić information content (AvgIpc) is 2.13. The molecule has 0 heterocycles. The van der Waals surface area contributed by atoms with E-state index in [9.17, 15) is 14.4 Å². The molecule has 0 fully saturated rings. The van der Waals surface area contributed by atoms with Crippen LogP contribution in [0.2, 0.25) is 0 Å². The fourth-order valence-electron chi connectivity index (χ4n) is 1.01. The highest BCUT2D eigenvalue weighted by Gasteiger charge is 2.48. The van der Waals surface area contributed by atoms with Crippen LogP contribution in [0.1, 0.15) is 6.42 Å². The lowest BCUT2D eigenvalue weighted by molar-refractivity contribution is -0.140. The van der Waals surface area contributed by atoms with Crippen LogP contribution in [0.5, 0.6) is 0 Å². The summed E-state index contributed by atoms with van der Waals surface area (Å²) in [6, 6.07) is 0. The quantitative estimate of drug-likeness (QED) is 0.380. The number of carboxylic acids is 3. The van der Waals surface area contributed by atoms with Crippen molar-refractivity contribution in [1.29, 1.82) is 0 Å². The molecule has 2 unspecified atom stereocenters. The minimum absolute atomic E-state index is 0.781. The van der Waals surface area contributed by atoms with Gasteiger partial charge in [-0.15, -0.1) is 0 Å². The zero-order valence-corrected chi connectivity index (χ0v) is 10.5. The summed E-state index contributed by atoms with van der Waals surface area (Å²) in [5.74, 6) is -4.30. The van der Waals surface area contributed by atoms with Gasteiger partial charge in [-0.1, -0.05) is 0 Å². The Balaban J connectivity index is 5.25. The first-order chi connectivity index (χ1) is 7.12. The molecule has 6 nitrogen and oxygen atoms in total. The van der Waals surface area contributed by atoms with Gasteiger partial charge in [0.1, 0.15) is 10.5 Å². The molecule has 92 valence electrons. The Morgan fingerprint density at radius 1 is 1.00 bits per heavy atom. The highest BCUT2D eigenvalue weighted by atomic mass is 32.1. The third kappa shape index (κ3) is 3.49. The van der Waals surface area contributed by atoms with Gasteiger partial charge in [0.15, 0.2) is 0 Å². The maximum Gasteiger partial charge on any atom is 0.317 e. The molecule has 0 aliphatic carbocycles. The molecule has 2 atom stereocenters. The van der Waals surface area contributed by atoms with Crippen molar-refractivity contribution in [2.24, 2.45) is 0 Å². The molecule has 0 radical (unpaired) electrons. The van der Waals surface area contributed by atoms with Gasteiger partial charge in [0.05, 0.1) is 11.2 Å². The van der Waals surface area contributed by atoms with Gasteiger partial charge in [-0.25, -0.2) is 0 Å². The summed E-state index contributed by atoms with van der Waals surface area (Å²) in [5, 5.41) is 22.9. The molecule has 0 aromatic rings. The Morgan fingerprint density at radius 3 is 1.50 bits per heavy atom. The van der Waals surface area contributed by atoms with Crippen LogP contribution in [-0.4, -0.2) is 48.5 Å². The van der Waals surface area contributed by atoms with E-state index in [0.717, 1.165) is 0 Å². The summed E-state index contributed by atoms with van der Waals surface area (Å²) in [5.41, 5.74) is 0. The van der Waals surface area contributed by atoms with E-state index in [-0.39, 0.29) is 0 Å². The van der Waals surface area contributed by atoms with Gasteiger partial charge in [-0.05, 0) is 0 Å². The third-order valence-electron chi connectivity index (χ3n) is 1.85. The fraction of sp³-hybridized carbons (Fsp3) is 0.571. The minimum atomic E-state index is -1.89. The van der Waals surface area contributed by atoms with Gasteiger partial charge in [0.2, 0.25) is 0 Å². The van der Waals surface area contributed by atoms with Crippen molar-refractivity contribution >= 4 is 55.8 Å². The van der Waals surface area contributed by atoms with Crippen LogP contribution < -0.4 is 0 Å². The summed E-state index contributed by atoms with van der Waals surface area (Å²) >= 11 is 11.2. The molecule has 0 saturated heterocycles. The predicted molar refractivity (Wildman–Crippen MR) is 64.8 cm³/mol. The molecular weight excluding hydrogens is 276 g/mol. The molecule has 0 amide bonds. The Labute approximate surface area is 107 Å². The van der Waals surface area contributed by atoms with Gasteiger partial charge in [0, 0.05) is 0 Å². The van der Waals surface area contributed by atoms with Crippen molar-refractivity contribution in [1.82, 2.24) is 0 Å². The molecule has 0 aromatic heterocycles. The van der Waals surface area contributed by atoms with E-state index in [1.54, 1.807) is 0 Å². The van der Waals surface area contributed by atoms with Crippen molar-refractivity contribution in [3.05, 3.63) is 0 Å². The first-order valence-corrected chi connectivity index (χ1v) is 5.37. The fourth-order valence-corrected chi connectivity index (χ4v) is 1.97. The normalized spacial score (nSPS) is 18.2. The van der Waals surface area contributed by atoms with E-state index in [0.29, 0.717) is 0 Å². The van der Waals surface area contributed by atoms with Crippen LogP contribution in [0.4, 0.5) is 0 Å². The monoisotopic (exact) mass is 286 g/mol. The molecular formula is C7H10O6S3. The molecule has 0 bridgehead atoms. The second-order valence-corrected chi connectivity index (χ2v) is 4.91. The number of thiol groups is 3. The summed E-state index contributed by atoms with van der Waals surface area (Å²) in [6.45, 7) is 0. The van der Waals surface area contributed by atoms with Gasteiger partial charge in [-0.2, -0.15) is 37.9 Å². The zero-order valence-electron chi connectivity index (χ0n) is 7.77. The highest BCUT2D eigenvalue weighted by molar-refractivity contribution is 7.88. The number of rotatable bonds is 6. The molecule has 16 heavy (non-hydrogen) atoms. The Morgan fingerprint density at radius 2 is 1.31 bits per heavy atom. The van der Waals surface area contributed by atoms with Crippen LogP contribution in [0.25, 0.3) is 0 Å². The standard InChI is InChI=1S/C7H10O6S3/c8-2(9)1-7(16,3(14)5(10)11)4(15)6(12)13/h3-4,14-16H,1H2,(H,8,9)(H,10,11)(H,12,13). The average molecular weight is 286 g/mol. The van der Waals surface area contributed by atoms with Crippen molar-refractivity contribution in [2.45, 2.75) is 21.7 Å². The first-order valence-electron chi connectivity index (χ1n) is 3.89. The number of hydrogen-bond acceptors (Lipinski definition) is 6. The lowest BCUT2D eigenvalue weighted by Gasteiger charge is -2.32. The third-order valence-corrected chi connectivity index (χ3v) is 4.29. The van der Waals surface area contributed by atoms with Crippen LogP contribution in [0.3, 0.4) is 0 Å². The van der Waals surface area contributed by atoms with E-state index in [1.807, 2.05) is 0 Å². The smallest absolute Gasteiger partial charge is 0.317 e. The maximum atomic E-state index is 10.7. The van der Waals surface area contributed by atoms with E-state index < -0.39 is 39.6 Å². The largest absolute Gasteiger partial charge is 0.481 e. The van der Waals surface area contributed by atoms with Crippen LogP contribution in [-0.2, 0) is 14.4 Å². The van der Waals surface area contributed by atoms with E-state index in [2.05, 4.69) is 37.9 Å². The van der Waals surface area contributed by atoms with Gasteiger partial charge < -0.3 is 15.3 Å². The molecule has 3 N–H and O–H groups in total. The Kier molecular flexibility index (Phi) is 5.50. The lowest BCUT2D eigenvalue weighted by atomic mass is 9.95. The summed E-state index contributed by atoms with van der Waals surface area (Å²) in [6.07, 6.45) is -0.781. The minimum Gasteiger partial charge on any atom is -0.481 e. The predicted octanol–water partition coefficient (Wildman–Crippen LogP) is -0.104. The summed E-state index contributed by atoms with van der Waals surface area (Å²) < 4.78 is -1.89. The first kappa shape index (κ1) is 15.5. The Hall–Kier alpha value is -0.540. The van der Waals surface area contributed by atoms with E-state index in [4.69, 9.17) is 15.3 Å². The molecule has 0 aliphatic heterocycles. The molecule has 0 spiro atoms. The van der Waals surface area contributed by atoms with Crippen LogP contribution in [0, 0.1) is 0 Å². The number of carbonyl (C=O) groups is 3. The van der Waals surface area contributed by atoms with Crippen LogP contribution >= 0.6 is 37.9 Å². The number of hydrogen-bond donors (Lipinski definition) is 6. The Bertz CT molecular complexity index is 297. The second kappa shape index (κ2) is 5.69.